The first-order valence-corrected chi connectivity index (χ1v) is 8.69. The summed E-state index contributed by atoms with van der Waals surface area (Å²) in [5.41, 5.74) is 0. The number of aromatic nitrogens is 10. The van der Waals surface area contributed by atoms with E-state index in [-0.39, 0.29) is 41.3 Å². The maximum absolute atomic E-state index is 3.79. The van der Waals surface area contributed by atoms with Gasteiger partial charge in [-0.3, -0.25) is 0 Å². The summed E-state index contributed by atoms with van der Waals surface area (Å²) in [6, 6.07) is 0. The van der Waals surface area contributed by atoms with Crippen molar-refractivity contribution in [1.82, 2.24) is 55.2 Å². The Kier molecular flexibility index (Phi) is 31.7. The standard InChI is InChI=1S/C3H5N2.5C3H4N2.2ClH.Ni/c6*1-2-5-3-4-1;;;/h1-2,4H,3H2;5*1-3H,(H,4,5);2*1H;/q-1;;;;;;;;+3/p-2. The van der Waals surface area contributed by atoms with Crippen LogP contribution in [-0.2, 0) is 16.5 Å². The van der Waals surface area contributed by atoms with Crippen molar-refractivity contribution in [2.24, 2.45) is 0 Å². The summed E-state index contributed by atoms with van der Waals surface area (Å²) in [5, 5.41) is 6.67. The Morgan fingerprint density at radius 3 is 0.879 bits per heavy atom. The van der Waals surface area contributed by atoms with E-state index in [9.17, 15) is 0 Å². The van der Waals surface area contributed by atoms with Crippen LogP contribution >= 0.6 is 0 Å². The second-order valence-corrected chi connectivity index (χ2v) is 4.66. The molecular formula is C18H25Cl2N12Ni. The fourth-order valence-corrected chi connectivity index (χ4v) is 1.34. The van der Waals surface area contributed by atoms with Gasteiger partial charge in [0.1, 0.15) is 0 Å². The molecule has 33 heavy (non-hydrogen) atoms. The Balaban J connectivity index is -0.000000321. The topological polar surface area (TPSA) is 170 Å². The van der Waals surface area contributed by atoms with Crippen LogP contribution in [0.2, 0.25) is 0 Å². The van der Waals surface area contributed by atoms with Crippen molar-refractivity contribution < 1.29 is 41.3 Å². The summed E-state index contributed by atoms with van der Waals surface area (Å²) in [6.45, 7) is 0.764. The fourth-order valence-electron chi connectivity index (χ4n) is 1.34. The minimum Gasteiger partial charge on any atom is -1.00 e. The van der Waals surface area contributed by atoms with E-state index in [0.717, 1.165) is 6.67 Å². The maximum atomic E-state index is 3.79. The van der Waals surface area contributed by atoms with E-state index < -0.39 is 0 Å². The van der Waals surface area contributed by atoms with E-state index in [2.05, 4.69) is 60.5 Å². The van der Waals surface area contributed by atoms with Crippen LogP contribution in [0.3, 0.4) is 0 Å². The van der Waals surface area contributed by atoms with E-state index in [1.54, 1.807) is 99.8 Å². The van der Waals surface area contributed by atoms with Crippen molar-refractivity contribution in [3.8, 4) is 0 Å². The minimum absolute atomic E-state index is 0. The SMILES string of the molecule is C1=CNC[N-]1.[Cl-].[Cl-].[Ni+3].c1c[nH]cn1.c1c[nH]cn1.c1c[nH]cn1.c1c[nH]cn1.c1c[nH]cn1. The van der Waals surface area contributed by atoms with Gasteiger partial charge in [0.05, 0.1) is 31.6 Å². The molecule has 0 aliphatic carbocycles. The Bertz CT molecular complexity index is 592. The Morgan fingerprint density at radius 2 is 0.818 bits per heavy atom. The van der Waals surface area contributed by atoms with Crippen molar-refractivity contribution >= 4 is 0 Å². The van der Waals surface area contributed by atoms with Gasteiger partial charge in [0.15, 0.2) is 0 Å². The third-order valence-electron chi connectivity index (χ3n) is 2.51. The number of hydrogen-bond donors (Lipinski definition) is 6. The summed E-state index contributed by atoms with van der Waals surface area (Å²) < 4.78 is 0. The van der Waals surface area contributed by atoms with Crippen LogP contribution in [0.15, 0.2) is 106 Å². The van der Waals surface area contributed by atoms with Gasteiger partial charge in [-0.15, -0.1) is 0 Å². The van der Waals surface area contributed by atoms with Gasteiger partial charge in [-0.05, 0) is 6.20 Å². The molecule has 0 fully saturated rings. The van der Waals surface area contributed by atoms with E-state index in [1.807, 2.05) is 6.20 Å². The summed E-state index contributed by atoms with van der Waals surface area (Å²) in [7, 11) is 0. The Hall–Kier alpha value is -3.54. The molecule has 0 bridgehead atoms. The van der Waals surface area contributed by atoms with Gasteiger partial charge in [0.2, 0.25) is 0 Å². The first-order chi connectivity index (χ1) is 15.0. The predicted molar refractivity (Wildman–Crippen MR) is 113 cm³/mol. The van der Waals surface area contributed by atoms with Crippen LogP contribution in [-0.4, -0.2) is 56.5 Å². The zero-order valence-corrected chi connectivity index (χ0v) is 19.8. The number of rotatable bonds is 0. The number of H-pyrrole nitrogens is 5. The molecule has 6 rings (SSSR count). The number of nitrogens with zero attached hydrogens (tertiary/aromatic N) is 6. The molecule has 12 nitrogen and oxygen atoms in total. The molecule has 1 aliphatic rings. The predicted octanol–water partition coefficient (Wildman–Crippen LogP) is -3.55. The summed E-state index contributed by atoms with van der Waals surface area (Å²) in [6.07, 6.45) is 29.0. The molecule has 5 aromatic heterocycles. The molecule has 6 N–H and O–H groups in total. The van der Waals surface area contributed by atoms with Crippen molar-refractivity contribution in [2.75, 3.05) is 6.67 Å². The molecule has 6 heterocycles. The molecule has 0 saturated heterocycles. The summed E-state index contributed by atoms with van der Waals surface area (Å²) in [5.74, 6) is 0. The van der Waals surface area contributed by atoms with Gasteiger partial charge in [-0.2, -0.15) is 6.20 Å². The van der Waals surface area contributed by atoms with Crippen molar-refractivity contribution in [3.05, 3.63) is 111 Å². The number of hydrogen-bond acceptors (Lipinski definition) is 6. The molecule has 1 aliphatic heterocycles. The molecule has 0 amide bonds. The van der Waals surface area contributed by atoms with E-state index in [1.165, 1.54) is 0 Å². The van der Waals surface area contributed by atoms with Crippen molar-refractivity contribution in [1.29, 1.82) is 0 Å². The minimum atomic E-state index is 0. The second kappa shape index (κ2) is 30.7. The monoisotopic (exact) mass is 537 g/mol. The number of halogens is 2. The van der Waals surface area contributed by atoms with Gasteiger partial charge >= 0.3 is 16.5 Å². The molecule has 5 aromatic rings. The molecule has 1 radical (unpaired) electrons. The Labute approximate surface area is 214 Å². The zero-order valence-electron chi connectivity index (χ0n) is 17.3. The smallest absolute Gasteiger partial charge is 1.00 e. The van der Waals surface area contributed by atoms with Crippen molar-refractivity contribution in [2.45, 2.75) is 0 Å². The van der Waals surface area contributed by atoms with Gasteiger partial charge < -0.3 is 60.4 Å². The van der Waals surface area contributed by atoms with Crippen LogP contribution in [0.25, 0.3) is 5.32 Å². The van der Waals surface area contributed by atoms with E-state index in [0.29, 0.717) is 0 Å². The van der Waals surface area contributed by atoms with Gasteiger partial charge in [0.25, 0.3) is 0 Å². The Morgan fingerprint density at radius 1 is 0.515 bits per heavy atom. The van der Waals surface area contributed by atoms with Crippen LogP contribution in [0.5, 0.6) is 0 Å². The van der Waals surface area contributed by atoms with E-state index in [4.69, 9.17) is 0 Å². The van der Waals surface area contributed by atoms with Gasteiger partial charge in [-0.1, -0.05) is 6.67 Å². The third-order valence-corrected chi connectivity index (χ3v) is 2.51. The maximum Gasteiger partial charge on any atom is 3.00 e. The molecule has 15 heteroatoms. The number of aromatic amines is 5. The summed E-state index contributed by atoms with van der Waals surface area (Å²) in [4.78, 5) is 32.1. The van der Waals surface area contributed by atoms with Gasteiger partial charge in [0, 0.05) is 62.0 Å². The molecule has 0 saturated carbocycles. The molecular weight excluding hydrogens is 514 g/mol. The third kappa shape index (κ3) is 28.5. The molecule has 181 valence electrons. The van der Waals surface area contributed by atoms with Crippen LogP contribution in [0.4, 0.5) is 0 Å². The fraction of sp³-hybridized carbons (Fsp3) is 0.0556. The first-order valence-electron chi connectivity index (χ1n) is 8.69. The summed E-state index contributed by atoms with van der Waals surface area (Å²) >= 11 is 0. The average molecular weight is 539 g/mol. The number of nitrogens with one attached hydrogen (secondary N) is 6. The molecule has 0 atom stereocenters. The van der Waals surface area contributed by atoms with Crippen LogP contribution < -0.4 is 30.1 Å². The molecule has 0 unspecified atom stereocenters. The van der Waals surface area contributed by atoms with Gasteiger partial charge in [-0.25, -0.2) is 24.9 Å². The quantitative estimate of drug-likeness (QED) is 0.111. The normalized spacial score (nSPS) is 8.73. The van der Waals surface area contributed by atoms with E-state index >= 15 is 0 Å². The van der Waals surface area contributed by atoms with Crippen LogP contribution in [0.1, 0.15) is 0 Å². The number of imidazole rings is 5. The molecule has 0 spiro atoms. The zero-order chi connectivity index (χ0) is 21.2. The first kappa shape index (κ1) is 34.1. The van der Waals surface area contributed by atoms with Crippen molar-refractivity contribution in [3.63, 3.8) is 0 Å². The largest absolute Gasteiger partial charge is 3.00 e. The average Bonchev–Trinajstić information content (AvgIpc) is 3.69. The van der Waals surface area contributed by atoms with Crippen LogP contribution in [0, 0.1) is 0 Å². The second-order valence-electron chi connectivity index (χ2n) is 4.66. The molecule has 0 aromatic carbocycles.